The molecule has 0 unspecified atom stereocenters. The van der Waals surface area contributed by atoms with E-state index in [1.54, 1.807) is 0 Å². The smallest absolute Gasteiger partial charge is 0.263 e. The van der Waals surface area contributed by atoms with Crippen LogP contribution in [0.4, 0.5) is 5.13 Å². The topological polar surface area (TPSA) is 68.0 Å². The van der Waals surface area contributed by atoms with Crippen LogP contribution in [0.5, 0.6) is 0 Å². The minimum absolute atomic E-state index is 0.0945. The Kier molecular flexibility index (Phi) is 3.25. The maximum absolute atomic E-state index is 11.4. The molecule has 1 aromatic heterocycles. The first-order valence-corrected chi connectivity index (χ1v) is 4.90. The van der Waals surface area contributed by atoms with Gasteiger partial charge in [0.15, 0.2) is 5.13 Å². The quantitative estimate of drug-likeness (QED) is 0.766. The van der Waals surface area contributed by atoms with Crippen molar-refractivity contribution in [2.24, 2.45) is 5.92 Å². The van der Waals surface area contributed by atoms with Gasteiger partial charge in [0.05, 0.1) is 6.20 Å². The molecule has 1 heterocycles. The van der Waals surface area contributed by atoms with Gasteiger partial charge >= 0.3 is 0 Å². The zero-order valence-electron chi connectivity index (χ0n) is 7.70. The molecule has 1 aromatic rings. The Morgan fingerprint density at radius 1 is 1.77 bits per heavy atom. The molecule has 4 nitrogen and oxygen atoms in total. The summed E-state index contributed by atoms with van der Waals surface area (Å²) in [6.45, 7) is 4.76. The number of amides is 1. The van der Waals surface area contributed by atoms with E-state index in [1.807, 2.05) is 13.8 Å². The summed E-state index contributed by atoms with van der Waals surface area (Å²) in [7, 11) is 0. The van der Waals surface area contributed by atoms with Crippen LogP contribution in [0, 0.1) is 5.92 Å². The average Bonchev–Trinajstić information content (AvgIpc) is 2.47. The first-order chi connectivity index (χ1) is 6.09. The van der Waals surface area contributed by atoms with Gasteiger partial charge < -0.3 is 11.1 Å². The van der Waals surface area contributed by atoms with Crippen LogP contribution in [0.3, 0.4) is 0 Å². The second-order valence-corrected chi connectivity index (χ2v) is 4.23. The molecule has 0 fully saturated rings. The van der Waals surface area contributed by atoms with Gasteiger partial charge in [0, 0.05) is 6.54 Å². The van der Waals surface area contributed by atoms with Crippen LogP contribution in [0.15, 0.2) is 6.20 Å². The van der Waals surface area contributed by atoms with Crippen molar-refractivity contribution in [1.82, 2.24) is 10.3 Å². The molecule has 0 aliphatic heterocycles. The first-order valence-electron chi connectivity index (χ1n) is 4.09. The van der Waals surface area contributed by atoms with Gasteiger partial charge in [0.2, 0.25) is 0 Å². The number of rotatable bonds is 3. The molecule has 0 aliphatic rings. The van der Waals surface area contributed by atoms with E-state index < -0.39 is 0 Å². The molecule has 3 N–H and O–H groups in total. The highest BCUT2D eigenvalue weighted by Gasteiger charge is 2.08. The minimum atomic E-state index is -0.0945. The predicted molar refractivity (Wildman–Crippen MR) is 53.7 cm³/mol. The van der Waals surface area contributed by atoms with E-state index in [9.17, 15) is 4.79 Å². The van der Waals surface area contributed by atoms with Crippen molar-refractivity contribution in [2.75, 3.05) is 12.3 Å². The van der Waals surface area contributed by atoms with E-state index in [4.69, 9.17) is 5.73 Å². The number of carbonyl (C=O) groups is 1. The van der Waals surface area contributed by atoms with E-state index in [0.717, 1.165) is 0 Å². The van der Waals surface area contributed by atoms with Crippen molar-refractivity contribution >= 4 is 22.4 Å². The van der Waals surface area contributed by atoms with Gasteiger partial charge in [-0.15, -0.1) is 0 Å². The fourth-order valence-corrected chi connectivity index (χ4v) is 1.38. The summed E-state index contributed by atoms with van der Waals surface area (Å²) in [5, 5.41) is 3.21. The van der Waals surface area contributed by atoms with Crippen LogP contribution in [0.2, 0.25) is 0 Å². The molecule has 0 atom stereocenters. The van der Waals surface area contributed by atoms with Crippen LogP contribution in [0.25, 0.3) is 0 Å². The molecule has 0 aliphatic carbocycles. The fraction of sp³-hybridized carbons (Fsp3) is 0.500. The molecule has 13 heavy (non-hydrogen) atoms. The summed E-state index contributed by atoms with van der Waals surface area (Å²) >= 11 is 1.20. The molecule has 0 bridgehead atoms. The van der Waals surface area contributed by atoms with Crippen molar-refractivity contribution in [3.63, 3.8) is 0 Å². The Balaban J connectivity index is 2.49. The van der Waals surface area contributed by atoms with Crippen LogP contribution in [-0.2, 0) is 0 Å². The van der Waals surface area contributed by atoms with Gasteiger partial charge in [-0.1, -0.05) is 25.2 Å². The molecule has 0 saturated heterocycles. The molecule has 0 radical (unpaired) electrons. The normalized spacial score (nSPS) is 10.4. The fourth-order valence-electron chi connectivity index (χ4n) is 0.777. The highest BCUT2D eigenvalue weighted by Crippen LogP contribution is 2.13. The van der Waals surface area contributed by atoms with Crippen molar-refractivity contribution in [2.45, 2.75) is 13.8 Å². The van der Waals surface area contributed by atoms with E-state index in [0.29, 0.717) is 22.5 Å². The monoisotopic (exact) mass is 199 g/mol. The standard InChI is InChI=1S/C8H13N3OS/c1-5(2)3-10-7(12)6-4-11-8(9)13-6/h4-5H,3H2,1-2H3,(H2,9,11)(H,10,12). The van der Waals surface area contributed by atoms with Gasteiger partial charge in [-0.25, -0.2) is 4.98 Å². The third-order valence-corrected chi connectivity index (χ3v) is 2.24. The highest BCUT2D eigenvalue weighted by atomic mass is 32.1. The lowest BCUT2D eigenvalue weighted by Gasteiger charge is -2.04. The maximum atomic E-state index is 11.4. The van der Waals surface area contributed by atoms with Gasteiger partial charge in [-0.3, -0.25) is 4.79 Å². The number of nitrogens with two attached hydrogens (primary N) is 1. The lowest BCUT2D eigenvalue weighted by Crippen LogP contribution is -2.26. The molecule has 1 rings (SSSR count). The van der Waals surface area contributed by atoms with Crippen LogP contribution < -0.4 is 11.1 Å². The number of aromatic nitrogens is 1. The Bertz CT molecular complexity index is 295. The Morgan fingerprint density at radius 2 is 2.46 bits per heavy atom. The summed E-state index contributed by atoms with van der Waals surface area (Å²) in [5.41, 5.74) is 5.40. The number of thiazole rings is 1. The molecule has 0 spiro atoms. The van der Waals surface area contributed by atoms with Crippen LogP contribution >= 0.6 is 11.3 Å². The van der Waals surface area contributed by atoms with Crippen molar-refractivity contribution in [3.05, 3.63) is 11.1 Å². The Hall–Kier alpha value is -1.10. The lowest BCUT2D eigenvalue weighted by atomic mass is 10.2. The first kappa shape index (κ1) is 9.98. The molecule has 5 heteroatoms. The van der Waals surface area contributed by atoms with E-state index in [2.05, 4.69) is 10.3 Å². The summed E-state index contributed by atoms with van der Waals surface area (Å²) in [5.74, 6) is 0.358. The second kappa shape index (κ2) is 4.23. The van der Waals surface area contributed by atoms with Crippen molar-refractivity contribution in [3.8, 4) is 0 Å². The van der Waals surface area contributed by atoms with Crippen LogP contribution in [0.1, 0.15) is 23.5 Å². The maximum Gasteiger partial charge on any atom is 0.263 e. The Labute approximate surface area is 81.2 Å². The van der Waals surface area contributed by atoms with E-state index >= 15 is 0 Å². The summed E-state index contributed by atoms with van der Waals surface area (Å²) in [6, 6.07) is 0. The third-order valence-electron chi connectivity index (χ3n) is 1.42. The molecular weight excluding hydrogens is 186 g/mol. The van der Waals surface area contributed by atoms with Gasteiger partial charge in [-0.05, 0) is 5.92 Å². The molecule has 1 amide bonds. The average molecular weight is 199 g/mol. The summed E-state index contributed by atoms with van der Waals surface area (Å²) < 4.78 is 0. The second-order valence-electron chi connectivity index (χ2n) is 3.17. The largest absolute Gasteiger partial charge is 0.375 e. The number of nitrogen functional groups attached to an aromatic ring is 1. The predicted octanol–water partition coefficient (Wildman–Crippen LogP) is 1.11. The van der Waals surface area contributed by atoms with Crippen molar-refractivity contribution < 1.29 is 4.79 Å². The Morgan fingerprint density at radius 3 is 2.92 bits per heavy atom. The third kappa shape index (κ3) is 3.02. The number of nitrogens with zero attached hydrogens (tertiary/aromatic N) is 1. The van der Waals surface area contributed by atoms with Gasteiger partial charge in [0.25, 0.3) is 5.91 Å². The number of anilines is 1. The van der Waals surface area contributed by atoms with Gasteiger partial charge in [-0.2, -0.15) is 0 Å². The number of hydrogen-bond acceptors (Lipinski definition) is 4. The minimum Gasteiger partial charge on any atom is -0.375 e. The van der Waals surface area contributed by atoms with Crippen LogP contribution in [-0.4, -0.2) is 17.4 Å². The zero-order valence-corrected chi connectivity index (χ0v) is 8.52. The summed E-state index contributed by atoms with van der Waals surface area (Å²) in [4.78, 5) is 15.7. The molecule has 0 saturated carbocycles. The summed E-state index contributed by atoms with van der Waals surface area (Å²) in [6.07, 6.45) is 1.50. The number of hydrogen-bond donors (Lipinski definition) is 2. The van der Waals surface area contributed by atoms with Gasteiger partial charge in [0.1, 0.15) is 4.88 Å². The SMILES string of the molecule is CC(C)CNC(=O)c1cnc(N)s1. The van der Waals surface area contributed by atoms with E-state index in [1.165, 1.54) is 17.5 Å². The zero-order chi connectivity index (χ0) is 9.84. The number of carbonyl (C=O) groups excluding carboxylic acids is 1. The molecule has 72 valence electrons. The molecular formula is C8H13N3OS. The number of nitrogens with one attached hydrogen (secondary N) is 1. The lowest BCUT2D eigenvalue weighted by molar-refractivity contribution is 0.0953. The highest BCUT2D eigenvalue weighted by molar-refractivity contribution is 7.17. The molecule has 0 aromatic carbocycles. The van der Waals surface area contributed by atoms with E-state index in [-0.39, 0.29) is 5.91 Å². The van der Waals surface area contributed by atoms with Crippen molar-refractivity contribution in [1.29, 1.82) is 0 Å².